The van der Waals surface area contributed by atoms with Crippen LogP contribution < -0.4 is 4.90 Å². The third-order valence-electron chi connectivity index (χ3n) is 3.69. The fourth-order valence-electron chi connectivity index (χ4n) is 2.65. The summed E-state index contributed by atoms with van der Waals surface area (Å²) in [6.07, 6.45) is 0.641. The second-order valence-electron chi connectivity index (χ2n) is 6.97. The van der Waals surface area contributed by atoms with Crippen molar-refractivity contribution in [2.45, 2.75) is 39.5 Å². The standard InChI is InChI=1S/C18H17ClF2IN3O2S/c1-18(2,3)27-17(26)24(8-10-5-4-6-28-10)12-7-13(19)23-14-11(22)9-25(15(12)14)16(20)21/h4-7,9,16H,8H2,1-3H3. The molecule has 3 aromatic heterocycles. The van der Waals surface area contributed by atoms with E-state index in [0.29, 0.717) is 9.09 Å². The number of carbonyl (C=O) groups excluding carboxylic acids is 1. The number of pyridine rings is 1. The van der Waals surface area contributed by atoms with Gasteiger partial charge in [0.2, 0.25) is 0 Å². The number of alkyl halides is 2. The molecule has 0 aliphatic heterocycles. The summed E-state index contributed by atoms with van der Waals surface area (Å²) in [7, 11) is 0. The molecule has 28 heavy (non-hydrogen) atoms. The molecule has 3 heterocycles. The molecule has 3 rings (SSSR count). The van der Waals surface area contributed by atoms with Gasteiger partial charge in [0.25, 0.3) is 0 Å². The molecule has 0 unspecified atom stereocenters. The highest BCUT2D eigenvalue weighted by atomic mass is 127. The normalized spacial score (nSPS) is 12.0. The van der Waals surface area contributed by atoms with Crippen LogP contribution in [0, 0.1) is 3.57 Å². The van der Waals surface area contributed by atoms with E-state index in [2.05, 4.69) is 4.98 Å². The molecular weight excluding hydrogens is 523 g/mol. The van der Waals surface area contributed by atoms with E-state index in [4.69, 9.17) is 16.3 Å². The average molecular weight is 540 g/mol. The minimum atomic E-state index is -2.80. The maximum Gasteiger partial charge on any atom is 0.415 e. The van der Waals surface area contributed by atoms with Crippen molar-refractivity contribution in [3.63, 3.8) is 0 Å². The molecule has 0 aliphatic rings. The summed E-state index contributed by atoms with van der Waals surface area (Å²) in [6.45, 7) is 2.60. The maximum atomic E-state index is 13.7. The average Bonchev–Trinajstić information content (AvgIpc) is 3.19. The summed E-state index contributed by atoms with van der Waals surface area (Å²) in [5, 5.41) is 1.98. The van der Waals surface area contributed by atoms with Gasteiger partial charge in [0.05, 0.1) is 21.3 Å². The summed E-state index contributed by atoms with van der Waals surface area (Å²) in [4.78, 5) is 19.3. The molecule has 0 spiro atoms. The van der Waals surface area contributed by atoms with Gasteiger partial charge in [-0.2, -0.15) is 8.78 Å². The van der Waals surface area contributed by atoms with E-state index in [-0.39, 0.29) is 22.9 Å². The molecule has 150 valence electrons. The maximum absolute atomic E-state index is 13.7. The Hall–Kier alpha value is -1.46. The first-order chi connectivity index (χ1) is 13.1. The molecule has 0 fully saturated rings. The first kappa shape index (κ1) is 21.3. The molecule has 0 aromatic carbocycles. The predicted molar refractivity (Wildman–Crippen MR) is 115 cm³/mol. The van der Waals surface area contributed by atoms with Crippen LogP contribution in [0.1, 0.15) is 32.2 Å². The van der Waals surface area contributed by atoms with Gasteiger partial charge >= 0.3 is 12.6 Å². The number of rotatable bonds is 4. The van der Waals surface area contributed by atoms with Crippen LogP contribution in [0.5, 0.6) is 0 Å². The van der Waals surface area contributed by atoms with Crippen LogP contribution in [-0.4, -0.2) is 21.2 Å². The van der Waals surface area contributed by atoms with E-state index in [9.17, 15) is 13.6 Å². The number of halogens is 4. The van der Waals surface area contributed by atoms with Crippen molar-refractivity contribution < 1.29 is 18.3 Å². The quantitative estimate of drug-likeness (QED) is 0.274. The molecule has 0 atom stereocenters. The topological polar surface area (TPSA) is 47.4 Å². The SMILES string of the molecule is CC(C)(C)OC(=O)N(Cc1cccs1)c1cc(Cl)nc2c(I)cn(C(F)F)c12. The highest BCUT2D eigenvalue weighted by Gasteiger charge is 2.29. The lowest BCUT2D eigenvalue weighted by Gasteiger charge is -2.28. The second kappa shape index (κ2) is 8.11. The molecule has 0 saturated heterocycles. The minimum Gasteiger partial charge on any atom is -0.443 e. The predicted octanol–water partition coefficient (Wildman–Crippen LogP) is 6.69. The lowest BCUT2D eigenvalue weighted by Crippen LogP contribution is -2.36. The van der Waals surface area contributed by atoms with Gasteiger partial charge in [0.15, 0.2) is 0 Å². The van der Waals surface area contributed by atoms with Crippen LogP contribution in [0.2, 0.25) is 5.15 Å². The van der Waals surface area contributed by atoms with Crippen molar-refractivity contribution in [1.82, 2.24) is 9.55 Å². The number of fused-ring (bicyclic) bond motifs is 1. The summed E-state index contributed by atoms with van der Waals surface area (Å²) in [5.41, 5.74) is -0.0879. The summed E-state index contributed by atoms with van der Waals surface area (Å²) in [5.74, 6) is 0. The number of ether oxygens (including phenoxy) is 1. The molecule has 10 heteroatoms. The summed E-state index contributed by atoms with van der Waals surface area (Å²) >= 11 is 9.54. The first-order valence-electron chi connectivity index (χ1n) is 8.24. The fourth-order valence-corrected chi connectivity index (χ4v) is 4.20. The first-order valence-corrected chi connectivity index (χ1v) is 10.6. The largest absolute Gasteiger partial charge is 0.443 e. The van der Waals surface area contributed by atoms with E-state index < -0.39 is 18.2 Å². The smallest absolute Gasteiger partial charge is 0.415 e. The molecule has 3 aromatic rings. The van der Waals surface area contributed by atoms with E-state index in [1.807, 2.05) is 40.1 Å². The Kier molecular flexibility index (Phi) is 6.16. The van der Waals surface area contributed by atoms with Crippen LogP contribution in [-0.2, 0) is 11.3 Å². The lowest BCUT2D eigenvalue weighted by molar-refractivity contribution is 0.0575. The Morgan fingerprint density at radius 3 is 2.75 bits per heavy atom. The highest BCUT2D eigenvalue weighted by molar-refractivity contribution is 14.1. The van der Waals surface area contributed by atoms with Crippen LogP contribution in [0.4, 0.5) is 19.3 Å². The molecule has 0 N–H and O–H groups in total. The van der Waals surface area contributed by atoms with Gasteiger partial charge in [0.1, 0.15) is 16.3 Å². The number of hydrogen-bond acceptors (Lipinski definition) is 4. The van der Waals surface area contributed by atoms with Crippen molar-refractivity contribution in [2.75, 3.05) is 4.90 Å². The van der Waals surface area contributed by atoms with Crippen molar-refractivity contribution in [2.24, 2.45) is 0 Å². The fraction of sp³-hybridized carbons (Fsp3) is 0.333. The van der Waals surface area contributed by atoms with Crippen LogP contribution in [0.25, 0.3) is 11.0 Å². The monoisotopic (exact) mass is 539 g/mol. The van der Waals surface area contributed by atoms with E-state index >= 15 is 0 Å². The molecule has 0 saturated carbocycles. The Bertz CT molecular complexity index is 1000. The van der Waals surface area contributed by atoms with Crippen molar-refractivity contribution in [3.8, 4) is 0 Å². The zero-order valence-electron chi connectivity index (χ0n) is 15.2. The third kappa shape index (κ3) is 4.57. The van der Waals surface area contributed by atoms with Gasteiger partial charge in [-0.1, -0.05) is 17.7 Å². The number of aromatic nitrogens is 2. The molecular formula is C18H17ClF2IN3O2S. The van der Waals surface area contributed by atoms with E-state index in [1.165, 1.54) is 28.5 Å². The van der Waals surface area contributed by atoms with Gasteiger partial charge < -0.3 is 4.74 Å². The molecule has 0 radical (unpaired) electrons. The summed E-state index contributed by atoms with van der Waals surface area (Å²) in [6, 6.07) is 5.13. The molecule has 1 amide bonds. The zero-order chi connectivity index (χ0) is 20.6. The number of amides is 1. The van der Waals surface area contributed by atoms with E-state index in [0.717, 1.165) is 9.44 Å². The third-order valence-corrected chi connectivity index (χ3v) is 5.53. The second-order valence-corrected chi connectivity index (χ2v) is 9.55. The van der Waals surface area contributed by atoms with Crippen LogP contribution in [0.3, 0.4) is 0 Å². The Labute approximate surface area is 183 Å². The highest BCUT2D eigenvalue weighted by Crippen LogP contribution is 2.36. The Morgan fingerprint density at radius 1 is 1.46 bits per heavy atom. The number of carbonyl (C=O) groups is 1. The van der Waals surface area contributed by atoms with Crippen molar-refractivity contribution >= 4 is 68.3 Å². The number of hydrogen-bond donors (Lipinski definition) is 0. The number of thiophene rings is 1. The number of nitrogens with zero attached hydrogens (tertiary/aromatic N) is 3. The van der Waals surface area contributed by atoms with Crippen molar-refractivity contribution in [1.29, 1.82) is 0 Å². The lowest BCUT2D eigenvalue weighted by atomic mass is 10.2. The van der Waals surface area contributed by atoms with E-state index in [1.54, 1.807) is 20.8 Å². The molecule has 5 nitrogen and oxygen atoms in total. The minimum absolute atomic E-state index is 0.104. The van der Waals surface area contributed by atoms with Crippen LogP contribution in [0.15, 0.2) is 29.8 Å². The molecule has 0 bridgehead atoms. The summed E-state index contributed by atoms with van der Waals surface area (Å²) < 4.78 is 34.2. The van der Waals surface area contributed by atoms with Gasteiger partial charge in [-0.3, -0.25) is 9.47 Å². The molecule has 0 aliphatic carbocycles. The van der Waals surface area contributed by atoms with Gasteiger partial charge in [-0.15, -0.1) is 11.3 Å². The Morgan fingerprint density at radius 2 is 2.18 bits per heavy atom. The van der Waals surface area contributed by atoms with Gasteiger partial charge in [-0.25, -0.2) is 9.78 Å². The zero-order valence-corrected chi connectivity index (χ0v) is 19.0. The number of anilines is 1. The van der Waals surface area contributed by atoms with Gasteiger partial charge in [0, 0.05) is 17.1 Å². The van der Waals surface area contributed by atoms with Crippen LogP contribution >= 0.6 is 45.5 Å². The Balaban J connectivity index is 2.21. The van der Waals surface area contributed by atoms with Crippen molar-refractivity contribution in [3.05, 3.63) is 43.4 Å². The van der Waals surface area contributed by atoms with Gasteiger partial charge in [-0.05, 0) is 54.8 Å².